The highest BCUT2D eigenvalue weighted by molar-refractivity contribution is 5.66. The highest BCUT2D eigenvalue weighted by atomic mass is 16.6. The standard InChI is InChI=1S/C27H43NO5.5C2H6/c1-19-16-22(12-13-25(19)28-20(2)26(31)27(4,5)18-29)10-8-6-7-9-11-23-17-24(14-15-32-23)33-21(3)30;5*1-2/h12-13,16,23-24,26,28-29,31H,2,6-11,14-15,17-18H2,1,3-5H3;5*1-2H3. The van der Waals surface area contributed by atoms with Gasteiger partial charge >= 0.3 is 5.97 Å². The molecule has 1 aromatic rings. The molecule has 0 radical (unpaired) electrons. The molecule has 6 heteroatoms. The Kier molecular flexibility index (Phi) is 35.2. The Morgan fingerprint density at radius 3 is 2.09 bits per heavy atom. The average Bonchev–Trinajstić information content (AvgIpc) is 3.04. The molecule has 3 N–H and O–H groups in total. The quantitative estimate of drug-likeness (QED) is 0.152. The molecule has 1 aliphatic rings. The fourth-order valence-electron chi connectivity index (χ4n) is 4.26. The van der Waals surface area contributed by atoms with Gasteiger partial charge in [-0.3, -0.25) is 4.79 Å². The third-order valence-electron chi connectivity index (χ3n) is 6.46. The van der Waals surface area contributed by atoms with Gasteiger partial charge in [-0.15, -0.1) is 0 Å². The summed E-state index contributed by atoms with van der Waals surface area (Å²) in [5.74, 6) is -0.201. The topological polar surface area (TPSA) is 88.0 Å². The lowest BCUT2D eigenvalue weighted by Crippen LogP contribution is -2.36. The van der Waals surface area contributed by atoms with Gasteiger partial charge in [0.15, 0.2) is 0 Å². The average molecular weight is 612 g/mol. The van der Waals surface area contributed by atoms with E-state index in [4.69, 9.17) is 9.47 Å². The van der Waals surface area contributed by atoms with Crippen molar-refractivity contribution in [2.75, 3.05) is 18.5 Å². The monoisotopic (exact) mass is 612 g/mol. The van der Waals surface area contributed by atoms with Crippen LogP contribution in [0.5, 0.6) is 0 Å². The second kappa shape index (κ2) is 31.5. The summed E-state index contributed by atoms with van der Waals surface area (Å²) in [5.41, 5.74) is 3.19. The first-order valence-electron chi connectivity index (χ1n) is 17.3. The maximum absolute atomic E-state index is 11.1. The van der Waals surface area contributed by atoms with E-state index in [9.17, 15) is 15.0 Å². The normalized spacial score (nSPS) is 15.8. The van der Waals surface area contributed by atoms with Crippen LogP contribution in [0.2, 0.25) is 0 Å². The number of hydrogen-bond donors (Lipinski definition) is 3. The van der Waals surface area contributed by atoms with Crippen molar-refractivity contribution < 1.29 is 24.5 Å². The predicted octanol–water partition coefficient (Wildman–Crippen LogP) is 10.0. The van der Waals surface area contributed by atoms with Crippen LogP contribution in [0.3, 0.4) is 0 Å². The number of aliphatic hydroxyl groups excluding tert-OH is 2. The summed E-state index contributed by atoms with van der Waals surface area (Å²) in [7, 11) is 0. The van der Waals surface area contributed by atoms with Crippen molar-refractivity contribution in [1.29, 1.82) is 0 Å². The molecular formula is C37H73NO5. The molecule has 1 heterocycles. The van der Waals surface area contributed by atoms with Gasteiger partial charge in [0, 0.05) is 36.6 Å². The Bertz CT molecular complexity index is 778. The molecule has 0 spiro atoms. The van der Waals surface area contributed by atoms with Crippen LogP contribution in [0.1, 0.15) is 146 Å². The number of hydrogen-bond acceptors (Lipinski definition) is 6. The first-order chi connectivity index (χ1) is 20.6. The van der Waals surface area contributed by atoms with E-state index in [1.54, 1.807) is 0 Å². The number of esters is 1. The molecule has 0 aliphatic carbocycles. The van der Waals surface area contributed by atoms with Gasteiger partial charge in [-0.05, 0) is 43.4 Å². The molecule has 1 aliphatic heterocycles. The summed E-state index contributed by atoms with van der Waals surface area (Å²) >= 11 is 0. The molecule has 0 amide bonds. The van der Waals surface area contributed by atoms with Crippen LogP contribution in [0.4, 0.5) is 5.69 Å². The molecule has 1 aromatic carbocycles. The maximum atomic E-state index is 11.1. The van der Waals surface area contributed by atoms with E-state index in [0.717, 1.165) is 49.8 Å². The number of anilines is 1. The van der Waals surface area contributed by atoms with Crippen molar-refractivity contribution in [1.82, 2.24) is 0 Å². The molecule has 3 atom stereocenters. The van der Waals surface area contributed by atoms with Crippen LogP contribution < -0.4 is 5.32 Å². The minimum absolute atomic E-state index is 0.0172. The summed E-state index contributed by atoms with van der Waals surface area (Å²) in [4.78, 5) is 11.1. The number of aliphatic hydroxyl groups is 2. The minimum atomic E-state index is -0.840. The van der Waals surface area contributed by atoms with Crippen molar-refractivity contribution in [3.05, 3.63) is 41.6 Å². The molecule has 6 nitrogen and oxygen atoms in total. The molecule has 0 bridgehead atoms. The van der Waals surface area contributed by atoms with E-state index >= 15 is 0 Å². The fourth-order valence-corrected chi connectivity index (χ4v) is 4.26. The molecule has 256 valence electrons. The van der Waals surface area contributed by atoms with E-state index in [0.29, 0.717) is 12.3 Å². The minimum Gasteiger partial charge on any atom is -0.462 e. The van der Waals surface area contributed by atoms with E-state index in [1.165, 1.54) is 25.3 Å². The van der Waals surface area contributed by atoms with Crippen molar-refractivity contribution in [2.45, 2.75) is 167 Å². The Morgan fingerprint density at radius 2 is 1.58 bits per heavy atom. The number of aryl methyl sites for hydroxylation is 2. The molecule has 43 heavy (non-hydrogen) atoms. The number of benzene rings is 1. The zero-order valence-corrected chi connectivity index (χ0v) is 30.9. The predicted molar refractivity (Wildman–Crippen MR) is 189 cm³/mol. The summed E-state index contributed by atoms with van der Waals surface area (Å²) in [6.07, 6.45) is 7.71. The lowest BCUT2D eigenvalue weighted by atomic mass is 9.86. The summed E-state index contributed by atoms with van der Waals surface area (Å²) in [6.45, 7) is 31.7. The van der Waals surface area contributed by atoms with Gasteiger partial charge in [0.1, 0.15) is 12.2 Å². The highest BCUT2D eigenvalue weighted by Crippen LogP contribution is 2.27. The molecular weight excluding hydrogens is 538 g/mol. The van der Waals surface area contributed by atoms with E-state index < -0.39 is 11.5 Å². The number of carbonyl (C=O) groups excluding carboxylic acids is 1. The number of rotatable bonds is 13. The molecule has 0 saturated carbocycles. The van der Waals surface area contributed by atoms with Crippen molar-refractivity contribution in [3.8, 4) is 0 Å². The van der Waals surface area contributed by atoms with Gasteiger partial charge in [-0.25, -0.2) is 0 Å². The highest BCUT2D eigenvalue weighted by Gasteiger charge is 2.29. The molecule has 3 unspecified atom stereocenters. The Hall–Kier alpha value is -1.89. The van der Waals surface area contributed by atoms with E-state index in [1.807, 2.05) is 89.2 Å². The summed E-state index contributed by atoms with van der Waals surface area (Å²) in [6, 6.07) is 6.34. The Morgan fingerprint density at radius 1 is 1.02 bits per heavy atom. The maximum Gasteiger partial charge on any atom is 0.302 e. The van der Waals surface area contributed by atoms with Gasteiger partial charge in [0.25, 0.3) is 0 Å². The SMILES string of the molecule is C=C(Nc1ccc(CCCCCCC2CC(OC(C)=O)CCO2)cc1C)C(O)C(C)(C)CO.CC.CC.CC.CC.CC. The first-order valence-corrected chi connectivity index (χ1v) is 17.3. The van der Waals surface area contributed by atoms with E-state index in [-0.39, 0.29) is 24.8 Å². The van der Waals surface area contributed by atoms with Crippen LogP contribution in [-0.4, -0.2) is 47.7 Å². The Labute approximate surface area is 268 Å². The van der Waals surface area contributed by atoms with Gasteiger partial charge < -0.3 is 25.0 Å². The largest absolute Gasteiger partial charge is 0.462 e. The Balaban J connectivity index is -0.000000687. The van der Waals surface area contributed by atoms with Crippen molar-refractivity contribution in [3.63, 3.8) is 0 Å². The second-order valence-electron chi connectivity index (χ2n) is 10.1. The number of carbonyl (C=O) groups is 1. The zero-order chi connectivity index (χ0) is 34.4. The fraction of sp³-hybridized carbons (Fsp3) is 0.757. The van der Waals surface area contributed by atoms with Crippen LogP contribution in [-0.2, 0) is 20.7 Å². The molecule has 1 fully saturated rings. The third kappa shape index (κ3) is 22.3. The van der Waals surface area contributed by atoms with Crippen LogP contribution in [0.25, 0.3) is 0 Å². The summed E-state index contributed by atoms with van der Waals surface area (Å²) in [5, 5.41) is 23.1. The third-order valence-corrected chi connectivity index (χ3v) is 6.46. The van der Waals surface area contributed by atoms with Gasteiger partial charge in [-0.1, -0.05) is 121 Å². The molecule has 0 aromatic heterocycles. The van der Waals surface area contributed by atoms with E-state index in [2.05, 4.69) is 31.0 Å². The van der Waals surface area contributed by atoms with Crippen molar-refractivity contribution >= 4 is 11.7 Å². The van der Waals surface area contributed by atoms with Crippen LogP contribution >= 0.6 is 0 Å². The van der Waals surface area contributed by atoms with Gasteiger partial charge in [0.05, 0.1) is 19.3 Å². The number of unbranched alkanes of at least 4 members (excludes halogenated alkanes) is 3. The number of nitrogens with one attached hydrogen (secondary N) is 1. The first kappa shape index (κ1) is 48.0. The zero-order valence-electron chi connectivity index (χ0n) is 30.9. The van der Waals surface area contributed by atoms with Gasteiger partial charge in [-0.2, -0.15) is 0 Å². The molecule has 1 saturated heterocycles. The second-order valence-corrected chi connectivity index (χ2v) is 10.1. The molecule has 2 rings (SSSR count). The van der Waals surface area contributed by atoms with Gasteiger partial charge in [0.2, 0.25) is 0 Å². The lowest BCUT2D eigenvalue weighted by molar-refractivity contribution is -0.153. The number of ether oxygens (including phenoxy) is 2. The van der Waals surface area contributed by atoms with Crippen LogP contribution in [0, 0.1) is 12.3 Å². The van der Waals surface area contributed by atoms with Crippen LogP contribution in [0.15, 0.2) is 30.5 Å². The smallest absolute Gasteiger partial charge is 0.302 e. The lowest BCUT2D eigenvalue weighted by Gasteiger charge is -2.30. The van der Waals surface area contributed by atoms with Crippen molar-refractivity contribution in [2.24, 2.45) is 5.41 Å². The summed E-state index contributed by atoms with van der Waals surface area (Å²) < 4.78 is 11.2.